The van der Waals surface area contributed by atoms with E-state index in [1.54, 1.807) is 0 Å². The molecule has 1 aliphatic heterocycles. The Hall–Kier alpha value is -0.650. The number of hydrogen-bond donors (Lipinski definition) is 1. The molecule has 0 aliphatic carbocycles. The van der Waals surface area contributed by atoms with Crippen molar-refractivity contribution in [1.29, 1.82) is 0 Å². The second kappa shape index (κ2) is 5.12. The summed E-state index contributed by atoms with van der Waals surface area (Å²) in [6, 6.07) is 0. The molecule has 2 rings (SSSR count). The maximum atomic E-state index is 9.04. The third-order valence-corrected chi connectivity index (χ3v) is 3.18. The summed E-state index contributed by atoms with van der Waals surface area (Å²) in [7, 11) is 0. The molecule has 1 aromatic rings. The normalized spacial score (nSPS) is 17.8. The van der Waals surface area contributed by atoms with E-state index in [9.17, 15) is 0 Å². The van der Waals surface area contributed by atoms with Crippen molar-refractivity contribution in [1.82, 2.24) is 15.2 Å². The van der Waals surface area contributed by atoms with Gasteiger partial charge in [0, 0.05) is 19.7 Å². The van der Waals surface area contributed by atoms with Crippen LogP contribution >= 0.6 is 23.2 Å². The monoisotopic (exact) mass is 262 g/mol. The van der Waals surface area contributed by atoms with Crippen molar-refractivity contribution in [2.75, 3.05) is 24.6 Å². The van der Waals surface area contributed by atoms with Crippen molar-refractivity contribution in [3.63, 3.8) is 0 Å². The van der Waals surface area contributed by atoms with E-state index < -0.39 is 0 Å². The summed E-state index contributed by atoms with van der Waals surface area (Å²) < 4.78 is 0. The van der Waals surface area contributed by atoms with Crippen molar-refractivity contribution < 1.29 is 5.11 Å². The second-order valence-corrected chi connectivity index (χ2v) is 4.50. The smallest absolute Gasteiger partial charge is 0.245 e. The first-order valence-electron chi connectivity index (χ1n) is 5.12. The number of rotatable bonds is 2. The fraction of sp³-hybridized carbons (Fsp3) is 0.667. The Morgan fingerprint density at radius 3 is 2.56 bits per heavy atom. The van der Waals surface area contributed by atoms with E-state index >= 15 is 0 Å². The van der Waals surface area contributed by atoms with Crippen LogP contribution in [0.3, 0.4) is 0 Å². The molecule has 0 atom stereocenters. The third-order valence-electron chi connectivity index (χ3n) is 2.78. The van der Waals surface area contributed by atoms with Gasteiger partial charge in [0.1, 0.15) is 0 Å². The highest BCUT2D eigenvalue weighted by atomic mass is 35.5. The van der Waals surface area contributed by atoms with E-state index in [0.717, 1.165) is 25.9 Å². The minimum atomic E-state index is 0.101. The predicted molar refractivity (Wildman–Crippen MR) is 61.9 cm³/mol. The molecule has 0 radical (unpaired) electrons. The summed E-state index contributed by atoms with van der Waals surface area (Å²) >= 11 is 11.6. The van der Waals surface area contributed by atoms with Gasteiger partial charge in [0.2, 0.25) is 5.28 Å². The highest BCUT2D eigenvalue weighted by molar-refractivity contribution is 6.32. The van der Waals surface area contributed by atoms with Gasteiger partial charge in [0.05, 0.1) is 0 Å². The van der Waals surface area contributed by atoms with Crippen molar-refractivity contribution in [3.05, 3.63) is 10.4 Å². The van der Waals surface area contributed by atoms with E-state index in [2.05, 4.69) is 15.2 Å². The number of nitrogens with zero attached hydrogens (tertiary/aromatic N) is 4. The van der Waals surface area contributed by atoms with Gasteiger partial charge in [-0.05, 0) is 30.4 Å². The van der Waals surface area contributed by atoms with Crippen LogP contribution in [0.15, 0.2) is 0 Å². The van der Waals surface area contributed by atoms with E-state index in [1.807, 2.05) is 4.90 Å². The fourth-order valence-electron chi connectivity index (χ4n) is 1.81. The van der Waals surface area contributed by atoms with E-state index in [0.29, 0.717) is 11.7 Å². The molecule has 0 spiro atoms. The molecular weight excluding hydrogens is 251 g/mol. The van der Waals surface area contributed by atoms with Crippen LogP contribution in [0.4, 0.5) is 5.82 Å². The van der Waals surface area contributed by atoms with Crippen LogP contribution < -0.4 is 4.90 Å². The number of aliphatic hydroxyl groups excluding tert-OH is 1. The van der Waals surface area contributed by atoms with Crippen LogP contribution in [0.25, 0.3) is 0 Å². The van der Waals surface area contributed by atoms with Gasteiger partial charge in [-0.15, -0.1) is 10.2 Å². The zero-order valence-electron chi connectivity index (χ0n) is 8.60. The lowest BCUT2D eigenvalue weighted by Gasteiger charge is -2.31. The summed E-state index contributed by atoms with van der Waals surface area (Å²) in [6.45, 7) is 1.85. The molecule has 0 aromatic carbocycles. The first-order valence-corrected chi connectivity index (χ1v) is 5.88. The van der Waals surface area contributed by atoms with Gasteiger partial charge in [0.25, 0.3) is 0 Å². The Bertz CT molecular complexity index is 369. The highest BCUT2D eigenvalue weighted by Gasteiger charge is 2.22. The van der Waals surface area contributed by atoms with Crippen LogP contribution in [0, 0.1) is 5.92 Å². The van der Waals surface area contributed by atoms with Gasteiger partial charge in [-0.2, -0.15) is 4.98 Å². The third kappa shape index (κ3) is 2.53. The molecule has 16 heavy (non-hydrogen) atoms. The van der Waals surface area contributed by atoms with Gasteiger partial charge >= 0.3 is 0 Å². The minimum absolute atomic E-state index is 0.101. The summed E-state index contributed by atoms with van der Waals surface area (Å²) in [5.74, 6) is 0.957. The van der Waals surface area contributed by atoms with E-state index in [4.69, 9.17) is 28.3 Å². The molecule has 1 N–H and O–H groups in total. The quantitative estimate of drug-likeness (QED) is 0.873. The van der Waals surface area contributed by atoms with Crippen LogP contribution in [0.5, 0.6) is 0 Å². The molecule has 0 bridgehead atoms. The van der Waals surface area contributed by atoms with Crippen molar-refractivity contribution in [2.45, 2.75) is 12.8 Å². The van der Waals surface area contributed by atoms with Gasteiger partial charge in [-0.25, -0.2) is 0 Å². The van der Waals surface area contributed by atoms with Crippen LogP contribution in [-0.4, -0.2) is 40.0 Å². The Morgan fingerprint density at radius 1 is 1.25 bits per heavy atom. The summed E-state index contributed by atoms with van der Waals surface area (Å²) in [5.41, 5.74) is 0. The van der Waals surface area contributed by atoms with Gasteiger partial charge in [0.15, 0.2) is 11.0 Å². The van der Waals surface area contributed by atoms with Gasteiger partial charge < -0.3 is 10.0 Å². The number of hydrogen-bond acceptors (Lipinski definition) is 5. The van der Waals surface area contributed by atoms with Gasteiger partial charge in [-0.3, -0.25) is 0 Å². The summed E-state index contributed by atoms with van der Waals surface area (Å²) in [6.07, 6.45) is 1.85. The molecule has 2 heterocycles. The molecule has 1 aliphatic rings. The number of aromatic nitrogens is 3. The molecule has 88 valence electrons. The Balaban J connectivity index is 2.10. The molecular formula is C9H12Cl2N4O. The molecule has 0 saturated carbocycles. The number of halogens is 2. The average molecular weight is 263 g/mol. The highest BCUT2D eigenvalue weighted by Crippen LogP contribution is 2.26. The predicted octanol–water partition coefficient (Wildman–Crippen LogP) is 1.39. The van der Waals surface area contributed by atoms with Crippen molar-refractivity contribution >= 4 is 29.0 Å². The Kier molecular flexibility index (Phi) is 3.78. The minimum Gasteiger partial charge on any atom is -0.396 e. The first-order chi connectivity index (χ1) is 7.70. The zero-order chi connectivity index (χ0) is 11.5. The van der Waals surface area contributed by atoms with E-state index in [-0.39, 0.29) is 17.0 Å². The second-order valence-electron chi connectivity index (χ2n) is 3.81. The molecule has 1 saturated heterocycles. The zero-order valence-corrected chi connectivity index (χ0v) is 10.1. The number of aliphatic hydroxyl groups is 1. The maximum Gasteiger partial charge on any atom is 0.245 e. The molecule has 0 amide bonds. The van der Waals surface area contributed by atoms with E-state index in [1.165, 1.54) is 0 Å². The molecule has 1 aromatic heterocycles. The topological polar surface area (TPSA) is 62.1 Å². The molecule has 5 nitrogen and oxygen atoms in total. The standard InChI is InChI=1S/C9H12Cl2N4O/c10-7-8(12-9(11)14-13-7)15-3-1-6(5-16)2-4-15/h6,16H,1-5H2. The lowest BCUT2D eigenvalue weighted by atomic mass is 9.98. The number of piperidine rings is 1. The van der Waals surface area contributed by atoms with Crippen LogP contribution in [0.2, 0.25) is 10.4 Å². The first kappa shape index (κ1) is 11.8. The Labute approximate surface area is 103 Å². The summed E-state index contributed by atoms with van der Waals surface area (Å²) in [5, 5.41) is 16.7. The average Bonchev–Trinajstić information content (AvgIpc) is 2.32. The molecule has 1 fully saturated rings. The lowest BCUT2D eigenvalue weighted by Crippen LogP contribution is -2.35. The SMILES string of the molecule is OCC1CCN(c2nc(Cl)nnc2Cl)CC1. The molecule has 7 heteroatoms. The van der Waals surface area contributed by atoms with Crippen LogP contribution in [0.1, 0.15) is 12.8 Å². The van der Waals surface area contributed by atoms with Crippen molar-refractivity contribution in [3.8, 4) is 0 Å². The van der Waals surface area contributed by atoms with Crippen molar-refractivity contribution in [2.24, 2.45) is 5.92 Å². The summed E-state index contributed by atoms with van der Waals surface area (Å²) in [4.78, 5) is 6.09. The fourth-order valence-corrected chi connectivity index (χ4v) is 2.13. The molecule has 0 unspecified atom stereocenters. The maximum absolute atomic E-state index is 9.04. The largest absolute Gasteiger partial charge is 0.396 e. The van der Waals surface area contributed by atoms with Crippen LogP contribution in [-0.2, 0) is 0 Å². The Morgan fingerprint density at radius 2 is 1.94 bits per heavy atom. The number of anilines is 1. The lowest BCUT2D eigenvalue weighted by molar-refractivity contribution is 0.202. The van der Waals surface area contributed by atoms with Gasteiger partial charge in [-0.1, -0.05) is 11.6 Å².